The zero-order valence-corrected chi connectivity index (χ0v) is 9.82. The highest BCUT2D eigenvalue weighted by atomic mass is 15.3. The summed E-state index contributed by atoms with van der Waals surface area (Å²) in [5, 5.41) is 3.30. The lowest BCUT2D eigenvalue weighted by atomic mass is 10.4. The van der Waals surface area contributed by atoms with Crippen molar-refractivity contribution in [3.63, 3.8) is 0 Å². The number of hydrogen-bond acceptors (Lipinski definition) is 4. The summed E-state index contributed by atoms with van der Waals surface area (Å²) in [5.41, 5.74) is 1.03. The summed E-state index contributed by atoms with van der Waals surface area (Å²) in [6, 6.07) is 1.92. The minimum Gasteiger partial charge on any atom is -0.338 e. The topological polar surface area (TPSA) is 41.1 Å². The molecule has 1 aromatic rings. The van der Waals surface area contributed by atoms with Gasteiger partial charge >= 0.3 is 0 Å². The van der Waals surface area contributed by atoms with E-state index in [1.54, 1.807) is 0 Å². The molecule has 1 aliphatic rings. The minimum atomic E-state index is 0.863. The highest BCUT2D eigenvalue weighted by Gasteiger charge is 2.11. The normalized spacial score (nSPS) is 15.5. The van der Waals surface area contributed by atoms with Gasteiger partial charge in [0.05, 0.1) is 0 Å². The van der Waals surface area contributed by atoms with Gasteiger partial charge in [-0.3, -0.25) is 0 Å². The molecule has 1 aromatic heterocycles. The van der Waals surface area contributed by atoms with Gasteiger partial charge in [0.1, 0.15) is 0 Å². The van der Waals surface area contributed by atoms with Gasteiger partial charge in [-0.15, -0.1) is 0 Å². The number of nitrogens with zero attached hydrogens (tertiary/aromatic N) is 3. The molecule has 0 atom stereocenters. The Labute approximate surface area is 91.7 Å². The average Bonchev–Trinajstić information content (AvgIpc) is 2.33. The maximum atomic E-state index is 4.38. The van der Waals surface area contributed by atoms with Crippen molar-refractivity contribution in [2.24, 2.45) is 0 Å². The van der Waals surface area contributed by atoms with E-state index in [0.29, 0.717) is 0 Å². The van der Waals surface area contributed by atoms with E-state index >= 15 is 0 Å². The molecule has 0 spiro atoms. The Morgan fingerprint density at radius 2 is 1.93 bits per heavy atom. The van der Waals surface area contributed by atoms with E-state index in [2.05, 4.69) is 20.2 Å². The van der Waals surface area contributed by atoms with E-state index < -0.39 is 0 Å². The van der Waals surface area contributed by atoms with Gasteiger partial charge in [-0.25, -0.2) is 9.97 Å². The number of piperazine rings is 1. The van der Waals surface area contributed by atoms with E-state index in [-0.39, 0.29) is 0 Å². The zero-order valence-electron chi connectivity index (χ0n) is 9.82. The van der Waals surface area contributed by atoms with Crippen LogP contribution in [0.1, 0.15) is 19.5 Å². The van der Waals surface area contributed by atoms with Crippen LogP contribution in [0.15, 0.2) is 12.3 Å². The Hall–Kier alpha value is -1.16. The second-order valence-corrected chi connectivity index (χ2v) is 3.24. The van der Waals surface area contributed by atoms with Crippen molar-refractivity contribution in [3.8, 4) is 0 Å². The zero-order chi connectivity index (χ0) is 11.1. The Balaban J connectivity index is 0.000000531. The number of anilines is 1. The number of hydrogen-bond donors (Lipinski definition) is 1. The molecule has 0 amide bonds. The van der Waals surface area contributed by atoms with Crippen LogP contribution in [0, 0.1) is 6.92 Å². The fraction of sp³-hybridized carbons (Fsp3) is 0.636. The van der Waals surface area contributed by atoms with Crippen molar-refractivity contribution in [1.29, 1.82) is 0 Å². The second kappa shape index (κ2) is 6.35. The summed E-state index contributed by atoms with van der Waals surface area (Å²) in [4.78, 5) is 10.8. The van der Waals surface area contributed by atoms with E-state index in [1.807, 2.05) is 33.0 Å². The molecule has 1 aliphatic heterocycles. The molecule has 4 heteroatoms. The van der Waals surface area contributed by atoms with Gasteiger partial charge in [-0.1, -0.05) is 13.8 Å². The first-order valence-electron chi connectivity index (χ1n) is 5.61. The van der Waals surface area contributed by atoms with Crippen molar-refractivity contribution in [2.45, 2.75) is 20.8 Å². The summed E-state index contributed by atoms with van der Waals surface area (Å²) in [6.45, 7) is 10.1. The van der Waals surface area contributed by atoms with E-state index in [9.17, 15) is 0 Å². The minimum absolute atomic E-state index is 0.863. The highest BCUT2D eigenvalue weighted by Crippen LogP contribution is 2.07. The summed E-state index contributed by atoms with van der Waals surface area (Å²) < 4.78 is 0. The van der Waals surface area contributed by atoms with Crippen LogP contribution in [0.3, 0.4) is 0 Å². The van der Waals surface area contributed by atoms with E-state index in [0.717, 1.165) is 37.8 Å². The largest absolute Gasteiger partial charge is 0.338 e. The molecule has 1 N–H and O–H groups in total. The third-order valence-corrected chi connectivity index (χ3v) is 2.18. The first kappa shape index (κ1) is 11.9. The van der Waals surface area contributed by atoms with E-state index in [4.69, 9.17) is 0 Å². The molecule has 0 aliphatic carbocycles. The Bertz CT molecular complexity index is 282. The predicted octanol–water partition coefficient (Wildman–Crippen LogP) is 1.22. The first-order valence-corrected chi connectivity index (χ1v) is 5.61. The number of aromatic nitrogens is 2. The molecule has 15 heavy (non-hydrogen) atoms. The van der Waals surface area contributed by atoms with Gasteiger partial charge in [0.15, 0.2) is 0 Å². The van der Waals surface area contributed by atoms with Gasteiger partial charge in [0.2, 0.25) is 5.95 Å². The summed E-state index contributed by atoms with van der Waals surface area (Å²) in [5.74, 6) is 0.863. The monoisotopic (exact) mass is 208 g/mol. The molecule has 0 aromatic carbocycles. The van der Waals surface area contributed by atoms with Crippen molar-refractivity contribution < 1.29 is 0 Å². The van der Waals surface area contributed by atoms with Crippen molar-refractivity contribution in [2.75, 3.05) is 31.1 Å². The molecular weight excluding hydrogens is 188 g/mol. The van der Waals surface area contributed by atoms with Crippen LogP contribution in [0.5, 0.6) is 0 Å². The van der Waals surface area contributed by atoms with Crippen molar-refractivity contribution in [3.05, 3.63) is 18.0 Å². The maximum Gasteiger partial charge on any atom is 0.225 e. The van der Waals surface area contributed by atoms with Crippen LogP contribution in [0.2, 0.25) is 0 Å². The predicted molar refractivity (Wildman–Crippen MR) is 63.2 cm³/mol. The molecule has 1 fully saturated rings. The van der Waals surface area contributed by atoms with Crippen LogP contribution in [0.25, 0.3) is 0 Å². The standard InChI is InChI=1S/C9H14N4.C2H6/c1-8-2-3-11-9(12-8)13-6-4-10-5-7-13;1-2/h2-3,10H,4-7H2,1H3;1-2H3. The first-order chi connectivity index (χ1) is 7.36. The van der Waals surface area contributed by atoms with Crippen LogP contribution in [0.4, 0.5) is 5.95 Å². The third-order valence-electron chi connectivity index (χ3n) is 2.18. The Morgan fingerprint density at radius 3 is 2.53 bits per heavy atom. The average molecular weight is 208 g/mol. The molecule has 0 unspecified atom stereocenters. The van der Waals surface area contributed by atoms with Gasteiger partial charge < -0.3 is 10.2 Å². The molecule has 0 radical (unpaired) electrons. The maximum absolute atomic E-state index is 4.38. The molecule has 2 rings (SSSR count). The van der Waals surface area contributed by atoms with Crippen molar-refractivity contribution >= 4 is 5.95 Å². The molecule has 0 bridgehead atoms. The smallest absolute Gasteiger partial charge is 0.225 e. The molecular formula is C11H20N4. The quantitative estimate of drug-likeness (QED) is 0.753. The second-order valence-electron chi connectivity index (χ2n) is 3.24. The molecule has 4 nitrogen and oxygen atoms in total. The number of aryl methyl sites for hydroxylation is 1. The third kappa shape index (κ3) is 3.47. The summed E-state index contributed by atoms with van der Waals surface area (Å²) in [6.07, 6.45) is 1.82. The fourth-order valence-corrected chi connectivity index (χ4v) is 1.45. The van der Waals surface area contributed by atoms with Crippen LogP contribution >= 0.6 is 0 Å². The van der Waals surface area contributed by atoms with Crippen LogP contribution in [-0.2, 0) is 0 Å². The summed E-state index contributed by atoms with van der Waals surface area (Å²) >= 11 is 0. The fourth-order valence-electron chi connectivity index (χ4n) is 1.45. The van der Waals surface area contributed by atoms with Gasteiger partial charge in [0, 0.05) is 38.1 Å². The number of nitrogens with one attached hydrogen (secondary N) is 1. The lowest BCUT2D eigenvalue weighted by molar-refractivity contribution is 0.579. The van der Waals surface area contributed by atoms with Crippen LogP contribution < -0.4 is 10.2 Å². The summed E-state index contributed by atoms with van der Waals surface area (Å²) in [7, 11) is 0. The lowest BCUT2D eigenvalue weighted by Gasteiger charge is -2.27. The highest BCUT2D eigenvalue weighted by molar-refractivity contribution is 5.30. The van der Waals surface area contributed by atoms with Crippen LogP contribution in [-0.4, -0.2) is 36.1 Å². The van der Waals surface area contributed by atoms with Gasteiger partial charge in [0.25, 0.3) is 0 Å². The molecule has 0 saturated carbocycles. The van der Waals surface area contributed by atoms with Gasteiger partial charge in [-0.2, -0.15) is 0 Å². The van der Waals surface area contributed by atoms with Gasteiger partial charge in [-0.05, 0) is 13.0 Å². The number of rotatable bonds is 1. The van der Waals surface area contributed by atoms with Crippen molar-refractivity contribution in [1.82, 2.24) is 15.3 Å². The lowest BCUT2D eigenvalue weighted by Crippen LogP contribution is -2.44. The molecule has 2 heterocycles. The SMILES string of the molecule is CC.Cc1ccnc(N2CCNCC2)n1. The molecule has 1 saturated heterocycles. The Morgan fingerprint density at radius 1 is 1.27 bits per heavy atom. The Kier molecular flexibility index (Phi) is 5.04. The van der Waals surface area contributed by atoms with E-state index in [1.165, 1.54) is 0 Å². The molecule has 84 valence electrons.